The Morgan fingerprint density at radius 3 is 2.65 bits per heavy atom. The minimum absolute atomic E-state index is 0.214. The summed E-state index contributed by atoms with van der Waals surface area (Å²) in [6, 6.07) is 0.672. The number of carbonyl (C=O) groups excluding carboxylic acids is 2. The Hall–Kier alpha value is -1.83. The molecule has 1 heterocycles. The first-order chi connectivity index (χ1) is 12.2. The zero-order valence-corrected chi connectivity index (χ0v) is 14.6. The lowest BCUT2D eigenvalue weighted by atomic mass is 9.86. The van der Waals surface area contributed by atoms with E-state index < -0.39 is 30.2 Å². The van der Waals surface area contributed by atoms with E-state index in [-0.39, 0.29) is 10.8 Å². The van der Waals surface area contributed by atoms with Gasteiger partial charge in [-0.25, -0.2) is 4.98 Å². The molecule has 0 unspecified atom stereocenters. The van der Waals surface area contributed by atoms with Gasteiger partial charge in [0.15, 0.2) is 12.4 Å². The normalized spacial score (nSPS) is 24.5. The Kier molecular flexibility index (Phi) is 5.41. The highest BCUT2D eigenvalue weighted by atomic mass is 35.5. The third-order valence-corrected chi connectivity index (χ3v) is 5.39. The number of hydrogen-bond acceptors (Lipinski definition) is 4. The molecule has 3 atom stereocenters. The van der Waals surface area contributed by atoms with Gasteiger partial charge in [-0.3, -0.25) is 9.59 Å². The number of rotatable bonds is 5. The average molecular weight is 391 g/mol. The molecule has 1 aromatic heterocycles. The monoisotopic (exact) mass is 390 g/mol. The molecule has 2 aliphatic rings. The Balaban J connectivity index is 1.46. The van der Waals surface area contributed by atoms with Crippen LogP contribution in [-0.4, -0.2) is 23.5 Å². The van der Waals surface area contributed by atoms with Crippen LogP contribution < -0.4 is 5.32 Å². The van der Waals surface area contributed by atoms with Crippen molar-refractivity contribution in [3.8, 4) is 0 Å². The molecule has 1 aromatic rings. The van der Waals surface area contributed by atoms with Crippen LogP contribution in [0.1, 0.15) is 37.7 Å². The highest BCUT2D eigenvalue weighted by Gasteiger charge is 2.40. The fourth-order valence-corrected chi connectivity index (χ4v) is 4.11. The molecule has 0 aromatic carbocycles. The number of halogens is 4. The predicted octanol–water partition coefficient (Wildman–Crippen LogP) is 4.06. The Morgan fingerprint density at radius 2 is 2.08 bits per heavy atom. The summed E-state index contributed by atoms with van der Waals surface area (Å²) in [6.45, 7) is -0.529. The highest BCUT2D eigenvalue weighted by Crippen LogP contribution is 2.49. The van der Waals surface area contributed by atoms with Crippen LogP contribution in [0.5, 0.6) is 0 Å². The van der Waals surface area contributed by atoms with E-state index in [9.17, 15) is 22.8 Å². The average Bonchev–Trinajstić information content (AvgIpc) is 3.16. The number of nitrogens with one attached hydrogen (secondary N) is 1. The Morgan fingerprint density at radius 1 is 1.31 bits per heavy atom. The summed E-state index contributed by atoms with van der Waals surface area (Å²) in [4.78, 5) is 27.2. The molecule has 2 bridgehead atoms. The van der Waals surface area contributed by atoms with Crippen molar-refractivity contribution in [3.63, 3.8) is 0 Å². The van der Waals surface area contributed by atoms with Crippen LogP contribution in [0.4, 0.5) is 19.0 Å². The van der Waals surface area contributed by atoms with Crippen LogP contribution in [0.15, 0.2) is 12.3 Å². The summed E-state index contributed by atoms with van der Waals surface area (Å²) in [6.07, 6.45) is 0.902. The molecule has 3 rings (SSSR count). The van der Waals surface area contributed by atoms with Crippen molar-refractivity contribution in [2.45, 2.75) is 38.3 Å². The van der Waals surface area contributed by atoms with Crippen LogP contribution in [-0.2, 0) is 20.5 Å². The van der Waals surface area contributed by atoms with Crippen molar-refractivity contribution in [1.82, 2.24) is 4.98 Å². The number of pyridine rings is 1. The minimum atomic E-state index is -4.58. The van der Waals surface area contributed by atoms with Gasteiger partial charge < -0.3 is 10.1 Å². The Bertz CT molecular complexity index is 711. The van der Waals surface area contributed by atoms with Gasteiger partial charge in [0, 0.05) is 12.6 Å². The topological polar surface area (TPSA) is 68.3 Å². The molecular weight excluding hydrogens is 373 g/mol. The molecule has 0 aliphatic heterocycles. The number of fused-ring (bicyclic) bond motifs is 2. The maximum absolute atomic E-state index is 12.6. The van der Waals surface area contributed by atoms with E-state index in [4.69, 9.17) is 16.3 Å². The number of esters is 1. The molecule has 2 aliphatic carbocycles. The van der Waals surface area contributed by atoms with Crippen molar-refractivity contribution in [2.75, 3.05) is 11.9 Å². The van der Waals surface area contributed by atoms with Gasteiger partial charge in [0.25, 0.3) is 5.91 Å². The molecule has 0 radical (unpaired) electrons. The Labute approximate surface area is 153 Å². The van der Waals surface area contributed by atoms with E-state index in [0.29, 0.717) is 36.4 Å². The number of aromatic nitrogens is 1. The first kappa shape index (κ1) is 18.9. The number of hydrogen-bond donors (Lipinski definition) is 1. The summed E-state index contributed by atoms with van der Waals surface area (Å²) in [5.41, 5.74) is -1.02. The molecule has 0 spiro atoms. The SMILES string of the molecule is O=C(COC(=O)C[C@H]1C[C@@H]2CC[C@@H]1C2)Nc1ncc(C(F)(F)F)cc1Cl. The molecular formula is C17H18ClF3N2O3. The molecule has 9 heteroatoms. The smallest absolute Gasteiger partial charge is 0.417 e. The van der Waals surface area contributed by atoms with Crippen LogP contribution in [0.3, 0.4) is 0 Å². The van der Waals surface area contributed by atoms with Crippen molar-refractivity contribution < 1.29 is 27.5 Å². The molecule has 26 heavy (non-hydrogen) atoms. The molecule has 2 fully saturated rings. The number of alkyl halides is 3. The summed E-state index contributed by atoms with van der Waals surface area (Å²) >= 11 is 5.71. The summed E-state index contributed by atoms with van der Waals surface area (Å²) in [7, 11) is 0. The van der Waals surface area contributed by atoms with Crippen LogP contribution in [0.25, 0.3) is 0 Å². The predicted molar refractivity (Wildman–Crippen MR) is 87.4 cm³/mol. The number of anilines is 1. The largest absolute Gasteiger partial charge is 0.456 e. The molecule has 2 saturated carbocycles. The maximum Gasteiger partial charge on any atom is 0.417 e. The van der Waals surface area contributed by atoms with E-state index in [1.807, 2.05) is 0 Å². The summed E-state index contributed by atoms with van der Waals surface area (Å²) in [5.74, 6) is 0.263. The van der Waals surface area contributed by atoms with E-state index in [1.54, 1.807) is 0 Å². The first-order valence-electron chi connectivity index (χ1n) is 8.40. The number of amides is 1. The number of carbonyl (C=O) groups is 2. The second-order valence-electron chi connectivity index (χ2n) is 6.90. The van der Waals surface area contributed by atoms with Crippen molar-refractivity contribution >= 4 is 29.3 Å². The second kappa shape index (κ2) is 7.42. The zero-order valence-electron chi connectivity index (χ0n) is 13.8. The van der Waals surface area contributed by atoms with E-state index >= 15 is 0 Å². The van der Waals surface area contributed by atoms with Crippen molar-refractivity contribution in [3.05, 3.63) is 22.8 Å². The maximum atomic E-state index is 12.6. The van der Waals surface area contributed by atoms with E-state index in [1.165, 1.54) is 12.8 Å². The van der Waals surface area contributed by atoms with Crippen LogP contribution >= 0.6 is 11.6 Å². The number of ether oxygens (including phenoxy) is 1. The van der Waals surface area contributed by atoms with Crippen LogP contribution in [0.2, 0.25) is 5.02 Å². The first-order valence-corrected chi connectivity index (χ1v) is 8.78. The second-order valence-corrected chi connectivity index (χ2v) is 7.31. The van der Waals surface area contributed by atoms with E-state index in [2.05, 4.69) is 10.3 Å². The quantitative estimate of drug-likeness (QED) is 0.770. The molecule has 142 valence electrons. The van der Waals surface area contributed by atoms with Crippen molar-refractivity contribution in [1.29, 1.82) is 0 Å². The fraction of sp³-hybridized carbons (Fsp3) is 0.588. The van der Waals surface area contributed by atoms with Gasteiger partial charge in [-0.15, -0.1) is 0 Å². The van der Waals surface area contributed by atoms with Gasteiger partial charge in [0.1, 0.15) is 0 Å². The van der Waals surface area contributed by atoms with Crippen LogP contribution in [0, 0.1) is 17.8 Å². The van der Waals surface area contributed by atoms with Gasteiger partial charge in [-0.05, 0) is 43.1 Å². The van der Waals surface area contributed by atoms with Crippen molar-refractivity contribution in [2.24, 2.45) is 17.8 Å². The van der Waals surface area contributed by atoms with Gasteiger partial charge in [-0.2, -0.15) is 13.2 Å². The summed E-state index contributed by atoms with van der Waals surface area (Å²) in [5, 5.41) is 1.89. The summed E-state index contributed by atoms with van der Waals surface area (Å²) < 4.78 is 42.6. The molecule has 0 saturated heterocycles. The lowest BCUT2D eigenvalue weighted by molar-refractivity contribution is -0.148. The highest BCUT2D eigenvalue weighted by molar-refractivity contribution is 6.33. The number of nitrogens with zero attached hydrogens (tertiary/aromatic N) is 1. The van der Waals surface area contributed by atoms with Gasteiger partial charge in [0.2, 0.25) is 0 Å². The minimum Gasteiger partial charge on any atom is -0.456 e. The molecule has 1 amide bonds. The molecule has 5 nitrogen and oxygen atoms in total. The van der Waals surface area contributed by atoms with Gasteiger partial charge >= 0.3 is 12.1 Å². The van der Waals surface area contributed by atoms with Gasteiger partial charge in [0.05, 0.1) is 10.6 Å². The lowest BCUT2D eigenvalue weighted by Crippen LogP contribution is -2.23. The standard InChI is InChI=1S/C17H18ClF3N2O3/c18-13-6-12(17(19,20)21)7-22-16(13)23-14(24)8-26-15(25)5-11-4-9-1-2-10(11)3-9/h6-7,9-11H,1-5,8H2,(H,22,23,24)/t9-,10-,11-/m1/s1. The van der Waals surface area contributed by atoms with E-state index in [0.717, 1.165) is 12.8 Å². The zero-order chi connectivity index (χ0) is 18.9. The lowest BCUT2D eigenvalue weighted by Gasteiger charge is -2.20. The molecule has 1 N–H and O–H groups in total. The van der Waals surface area contributed by atoms with Gasteiger partial charge in [-0.1, -0.05) is 18.0 Å². The third kappa shape index (κ3) is 4.47. The fourth-order valence-electron chi connectivity index (χ4n) is 3.90. The third-order valence-electron chi connectivity index (χ3n) is 5.10.